The lowest BCUT2D eigenvalue weighted by Gasteiger charge is -2.13. The van der Waals surface area contributed by atoms with Gasteiger partial charge < -0.3 is 5.11 Å². The van der Waals surface area contributed by atoms with Crippen molar-refractivity contribution in [1.29, 1.82) is 0 Å². The predicted molar refractivity (Wildman–Crippen MR) is 84.4 cm³/mol. The third-order valence-electron chi connectivity index (χ3n) is 4.75. The van der Waals surface area contributed by atoms with Gasteiger partial charge in [-0.2, -0.15) is 0 Å². The zero-order valence-corrected chi connectivity index (χ0v) is 13.0. The molecule has 0 radical (unpaired) electrons. The standard InChI is InChI=1S/C18H36O/c19-17-13-9-5-3-1-2-4-6-10-14-18-15-11-7-8-12-16-18/h18-19H,1-17H2. The van der Waals surface area contributed by atoms with Crippen LogP contribution in [0.2, 0.25) is 0 Å². The van der Waals surface area contributed by atoms with Gasteiger partial charge in [0.05, 0.1) is 0 Å². The van der Waals surface area contributed by atoms with Gasteiger partial charge in [-0.1, -0.05) is 96.3 Å². The summed E-state index contributed by atoms with van der Waals surface area (Å²) < 4.78 is 0. The van der Waals surface area contributed by atoms with Gasteiger partial charge in [0.1, 0.15) is 0 Å². The molecule has 1 heteroatoms. The van der Waals surface area contributed by atoms with Crippen LogP contribution in [0, 0.1) is 5.92 Å². The Kier molecular flexibility index (Phi) is 11.6. The van der Waals surface area contributed by atoms with Crippen molar-refractivity contribution in [2.45, 2.75) is 103 Å². The molecule has 1 nitrogen and oxygen atoms in total. The number of aliphatic hydroxyl groups excluding tert-OH is 1. The van der Waals surface area contributed by atoms with Crippen LogP contribution in [0.25, 0.3) is 0 Å². The first-order valence-corrected chi connectivity index (χ1v) is 9.04. The van der Waals surface area contributed by atoms with E-state index in [9.17, 15) is 0 Å². The average Bonchev–Trinajstić information content (AvgIpc) is 2.69. The van der Waals surface area contributed by atoms with Crippen molar-refractivity contribution in [1.82, 2.24) is 0 Å². The van der Waals surface area contributed by atoms with Crippen molar-refractivity contribution < 1.29 is 5.11 Å². The zero-order valence-electron chi connectivity index (χ0n) is 13.0. The Morgan fingerprint density at radius 2 is 1.05 bits per heavy atom. The van der Waals surface area contributed by atoms with E-state index in [1.54, 1.807) is 0 Å². The molecule has 0 amide bonds. The van der Waals surface area contributed by atoms with Gasteiger partial charge in [-0.15, -0.1) is 0 Å². The van der Waals surface area contributed by atoms with Crippen molar-refractivity contribution in [3.05, 3.63) is 0 Å². The Balaban J connectivity index is 1.78. The molecule has 1 fully saturated rings. The van der Waals surface area contributed by atoms with E-state index in [2.05, 4.69) is 0 Å². The molecule has 19 heavy (non-hydrogen) atoms. The number of rotatable bonds is 11. The van der Waals surface area contributed by atoms with E-state index in [1.165, 1.54) is 96.3 Å². The molecule has 0 aromatic heterocycles. The molecule has 0 spiro atoms. The minimum Gasteiger partial charge on any atom is -0.396 e. The first-order chi connectivity index (χ1) is 9.43. The molecule has 0 heterocycles. The molecule has 0 aromatic carbocycles. The lowest BCUT2D eigenvalue weighted by atomic mass is 9.93. The van der Waals surface area contributed by atoms with Crippen molar-refractivity contribution in [2.24, 2.45) is 5.92 Å². The fourth-order valence-electron chi connectivity index (χ4n) is 3.43. The summed E-state index contributed by atoms with van der Waals surface area (Å²) in [6, 6.07) is 0. The summed E-state index contributed by atoms with van der Waals surface area (Å²) in [5.74, 6) is 1.07. The van der Waals surface area contributed by atoms with Gasteiger partial charge in [-0.05, 0) is 12.3 Å². The van der Waals surface area contributed by atoms with Crippen molar-refractivity contribution in [3.8, 4) is 0 Å². The SMILES string of the molecule is OCCCCCCCCCCCC1CCCCCC1. The second-order valence-electron chi connectivity index (χ2n) is 6.55. The van der Waals surface area contributed by atoms with Crippen LogP contribution in [0.5, 0.6) is 0 Å². The molecular weight excluding hydrogens is 232 g/mol. The van der Waals surface area contributed by atoms with E-state index in [-0.39, 0.29) is 0 Å². The highest BCUT2D eigenvalue weighted by Gasteiger charge is 2.11. The Morgan fingerprint density at radius 3 is 1.58 bits per heavy atom. The van der Waals surface area contributed by atoms with Crippen LogP contribution in [-0.2, 0) is 0 Å². The minimum absolute atomic E-state index is 0.376. The lowest BCUT2D eigenvalue weighted by molar-refractivity contribution is 0.282. The highest BCUT2D eigenvalue weighted by molar-refractivity contribution is 4.64. The van der Waals surface area contributed by atoms with E-state index in [0.29, 0.717) is 6.61 Å². The number of hydrogen-bond acceptors (Lipinski definition) is 1. The van der Waals surface area contributed by atoms with Gasteiger partial charge in [0.2, 0.25) is 0 Å². The van der Waals surface area contributed by atoms with Crippen LogP contribution in [0.15, 0.2) is 0 Å². The molecule has 0 bridgehead atoms. The Bertz CT molecular complexity index is 171. The Hall–Kier alpha value is -0.0400. The molecule has 0 saturated heterocycles. The number of unbranched alkanes of at least 4 members (excludes halogenated alkanes) is 8. The molecule has 0 aromatic rings. The molecule has 0 aliphatic heterocycles. The van der Waals surface area contributed by atoms with E-state index in [1.807, 2.05) is 0 Å². The molecule has 114 valence electrons. The fraction of sp³-hybridized carbons (Fsp3) is 1.00. The largest absolute Gasteiger partial charge is 0.396 e. The van der Waals surface area contributed by atoms with Crippen LogP contribution in [0.1, 0.15) is 103 Å². The van der Waals surface area contributed by atoms with Crippen LogP contribution < -0.4 is 0 Å². The molecule has 1 aliphatic rings. The summed E-state index contributed by atoms with van der Waals surface area (Å²) >= 11 is 0. The van der Waals surface area contributed by atoms with Gasteiger partial charge in [0.25, 0.3) is 0 Å². The summed E-state index contributed by atoms with van der Waals surface area (Å²) in [5.41, 5.74) is 0. The number of hydrogen-bond donors (Lipinski definition) is 1. The molecule has 0 unspecified atom stereocenters. The quantitative estimate of drug-likeness (QED) is 0.368. The van der Waals surface area contributed by atoms with Crippen LogP contribution >= 0.6 is 0 Å². The topological polar surface area (TPSA) is 20.2 Å². The van der Waals surface area contributed by atoms with Crippen LogP contribution in [0.4, 0.5) is 0 Å². The van der Waals surface area contributed by atoms with Crippen molar-refractivity contribution in [2.75, 3.05) is 6.61 Å². The summed E-state index contributed by atoms with van der Waals surface area (Å²) in [7, 11) is 0. The third-order valence-corrected chi connectivity index (χ3v) is 4.75. The van der Waals surface area contributed by atoms with E-state index >= 15 is 0 Å². The number of aliphatic hydroxyl groups is 1. The molecule has 1 aliphatic carbocycles. The smallest absolute Gasteiger partial charge is 0.0431 e. The lowest BCUT2D eigenvalue weighted by Crippen LogP contribution is -1.98. The Labute approximate surface area is 121 Å². The van der Waals surface area contributed by atoms with Gasteiger partial charge in [-0.25, -0.2) is 0 Å². The van der Waals surface area contributed by atoms with Gasteiger partial charge in [0, 0.05) is 6.61 Å². The maximum Gasteiger partial charge on any atom is 0.0431 e. The van der Waals surface area contributed by atoms with E-state index in [0.717, 1.165) is 12.3 Å². The second kappa shape index (κ2) is 13.0. The third kappa shape index (κ3) is 10.4. The molecule has 0 atom stereocenters. The second-order valence-corrected chi connectivity index (χ2v) is 6.55. The maximum atomic E-state index is 8.69. The highest BCUT2D eigenvalue weighted by Crippen LogP contribution is 2.27. The molecule has 1 N–H and O–H groups in total. The first-order valence-electron chi connectivity index (χ1n) is 9.04. The fourth-order valence-corrected chi connectivity index (χ4v) is 3.43. The van der Waals surface area contributed by atoms with E-state index in [4.69, 9.17) is 5.11 Å². The summed E-state index contributed by atoms with van der Waals surface area (Å²) in [6.45, 7) is 0.376. The monoisotopic (exact) mass is 268 g/mol. The van der Waals surface area contributed by atoms with Crippen LogP contribution in [-0.4, -0.2) is 11.7 Å². The minimum atomic E-state index is 0.376. The highest BCUT2D eigenvalue weighted by atomic mass is 16.2. The van der Waals surface area contributed by atoms with Gasteiger partial charge >= 0.3 is 0 Å². The van der Waals surface area contributed by atoms with Crippen molar-refractivity contribution in [3.63, 3.8) is 0 Å². The zero-order chi connectivity index (χ0) is 13.6. The van der Waals surface area contributed by atoms with Gasteiger partial charge in [-0.3, -0.25) is 0 Å². The normalized spacial score (nSPS) is 17.5. The molecule has 1 rings (SSSR count). The summed E-state index contributed by atoms with van der Waals surface area (Å²) in [5, 5.41) is 8.69. The van der Waals surface area contributed by atoms with Gasteiger partial charge in [0.15, 0.2) is 0 Å². The van der Waals surface area contributed by atoms with Crippen molar-refractivity contribution >= 4 is 0 Å². The maximum absolute atomic E-state index is 8.69. The predicted octanol–water partition coefficient (Wildman–Crippen LogP) is 5.85. The summed E-state index contributed by atoms with van der Waals surface area (Å²) in [4.78, 5) is 0. The average molecular weight is 268 g/mol. The summed E-state index contributed by atoms with van der Waals surface area (Å²) in [6.07, 6.45) is 22.7. The molecule has 1 saturated carbocycles. The Morgan fingerprint density at radius 1 is 0.579 bits per heavy atom. The molecular formula is C18H36O. The first kappa shape index (κ1) is 17.0. The van der Waals surface area contributed by atoms with Crippen LogP contribution in [0.3, 0.4) is 0 Å². The van der Waals surface area contributed by atoms with E-state index < -0.39 is 0 Å².